The van der Waals surface area contributed by atoms with Gasteiger partial charge >= 0.3 is 0 Å². The van der Waals surface area contributed by atoms with Gasteiger partial charge in [-0.15, -0.1) is 0 Å². The number of nitrogen functional groups attached to an aromatic ring is 1. The zero-order chi connectivity index (χ0) is 13.2. The Morgan fingerprint density at radius 1 is 1.11 bits per heavy atom. The zero-order valence-corrected chi connectivity index (χ0v) is 10.5. The SMILES string of the molecule is Nc1c(Cl)cccc1-c1nc(-c2ccccn2)no1. The third-order valence-electron chi connectivity index (χ3n) is 2.60. The summed E-state index contributed by atoms with van der Waals surface area (Å²) in [5, 5.41) is 4.34. The van der Waals surface area contributed by atoms with E-state index in [1.807, 2.05) is 12.1 Å². The highest BCUT2D eigenvalue weighted by Gasteiger charge is 2.14. The van der Waals surface area contributed by atoms with Crippen molar-refractivity contribution >= 4 is 17.3 Å². The van der Waals surface area contributed by atoms with Gasteiger partial charge in [-0.2, -0.15) is 4.98 Å². The van der Waals surface area contributed by atoms with Crippen LogP contribution in [0.4, 0.5) is 5.69 Å². The molecule has 0 fully saturated rings. The smallest absolute Gasteiger partial charge is 0.260 e. The molecule has 94 valence electrons. The Morgan fingerprint density at radius 2 is 2.00 bits per heavy atom. The van der Waals surface area contributed by atoms with Crippen molar-refractivity contribution in [2.75, 3.05) is 5.73 Å². The van der Waals surface area contributed by atoms with Crippen LogP contribution in [0.3, 0.4) is 0 Å². The van der Waals surface area contributed by atoms with Crippen molar-refractivity contribution in [3.05, 3.63) is 47.6 Å². The lowest BCUT2D eigenvalue weighted by Gasteiger charge is -2.01. The summed E-state index contributed by atoms with van der Waals surface area (Å²) in [6.45, 7) is 0. The number of hydrogen-bond donors (Lipinski definition) is 1. The van der Waals surface area contributed by atoms with Crippen molar-refractivity contribution < 1.29 is 4.52 Å². The fourth-order valence-corrected chi connectivity index (χ4v) is 1.83. The fourth-order valence-electron chi connectivity index (χ4n) is 1.66. The number of hydrogen-bond acceptors (Lipinski definition) is 5. The Kier molecular flexibility index (Phi) is 2.89. The Labute approximate surface area is 114 Å². The molecule has 2 N–H and O–H groups in total. The van der Waals surface area contributed by atoms with Crippen LogP contribution in [-0.4, -0.2) is 15.1 Å². The number of halogens is 1. The molecule has 2 aromatic heterocycles. The van der Waals surface area contributed by atoms with Crippen molar-refractivity contribution in [2.24, 2.45) is 0 Å². The van der Waals surface area contributed by atoms with E-state index < -0.39 is 0 Å². The second kappa shape index (κ2) is 4.70. The first-order valence-electron chi connectivity index (χ1n) is 5.55. The van der Waals surface area contributed by atoms with Gasteiger partial charge in [0.25, 0.3) is 5.89 Å². The van der Waals surface area contributed by atoms with Crippen LogP contribution in [0.25, 0.3) is 23.0 Å². The number of pyridine rings is 1. The van der Waals surface area contributed by atoms with E-state index in [1.54, 1.807) is 30.5 Å². The van der Waals surface area contributed by atoms with Crippen molar-refractivity contribution in [3.8, 4) is 23.0 Å². The van der Waals surface area contributed by atoms with Gasteiger partial charge < -0.3 is 10.3 Å². The number of nitrogens with zero attached hydrogens (tertiary/aromatic N) is 3. The molecule has 0 saturated carbocycles. The minimum Gasteiger partial charge on any atom is -0.397 e. The molecule has 0 saturated heterocycles. The summed E-state index contributed by atoms with van der Waals surface area (Å²) < 4.78 is 5.20. The zero-order valence-electron chi connectivity index (χ0n) is 9.75. The molecule has 19 heavy (non-hydrogen) atoms. The lowest BCUT2D eigenvalue weighted by molar-refractivity contribution is 0.432. The first kappa shape index (κ1) is 11.7. The summed E-state index contributed by atoms with van der Waals surface area (Å²) >= 11 is 5.96. The summed E-state index contributed by atoms with van der Waals surface area (Å²) in [7, 11) is 0. The molecule has 0 aliphatic carbocycles. The average molecular weight is 273 g/mol. The highest BCUT2D eigenvalue weighted by atomic mass is 35.5. The minimum absolute atomic E-state index is 0.320. The molecule has 3 rings (SSSR count). The van der Waals surface area contributed by atoms with Crippen LogP contribution in [0.1, 0.15) is 0 Å². The number of anilines is 1. The summed E-state index contributed by atoms with van der Waals surface area (Å²) in [5.74, 6) is 0.732. The molecule has 0 unspecified atom stereocenters. The lowest BCUT2D eigenvalue weighted by Crippen LogP contribution is -1.91. The molecular formula is C13H9ClN4O. The monoisotopic (exact) mass is 272 g/mol. The van der Waals surface area contributed by atoms with E-state index in [9.17, 15) is 0 Å². The topological polar surface area (TPSA) is 77.8 Å². The van der Waals surface area contributed by atoms with Crippen LogP contribution in [0, 0.1) is 0 Å². The molecule has 0 amide bonds. The maximum atomic E-state index is 5.96. The second-order valence-electron chi connectivity index (χ2n) is 3.84. The Bertz CT molecular complexity index is 712. The maximum Gasteiger partial charge on any atom is 0.260 e. The van der Waals surface area contributed by atoms with E-state index in [0.717, 1.165) is 0 Å². The lowest BCUT2D eigenvalue weighted by atomic mass is 10.2. The Balaban J connectivity index is 2.05. The molecular weight excluding hydrogens is 264 g/mol. The second-order valence-corrected chi connectivity index (χ2v) is 4.25. The van der Waals surface area contributed by atoms with Crippen molar-refractivity contribution in [2.45, 2.75) is 0 Å². The van der Waals surface area contributed by atoms with Crippen molar-refractivity contribution in [3.63, 3.8) is 0 Å². The fraction of sp³-hybridized carbons (Fsp3) is 0. The van der Waals surface area contributed by atoms with Crippen LogP contribution in [0.15, 0.2) is 47.1 Å². The number of aromatic nitrogens is 3. The van der Waals surface area contributed by atoms with Gasteiger partial charge in [0.15, 0.2) is 0 Å². The maximum absolute atomic E-state index is 5.96. The highest BCUT2D eigenvalue weighted by Crippen LogP contribution is 2.31. The highest BCUT2D eigenvalue weighted by molar-refractivity contribution is 6.33. The predicted octanol–water partition coefficient (Wildman–Crippen LogP) is 3.03. The molecule has 2 heterocycles. The molecule has 0 atom stereocenters. The normalized spacial score (nSPS) is 10.6. The molecule has 1 aromatic carbocycles. The largest absolute Gasteiger partial charge is 0.397 e. The van der Waals surface area contributed by atoms with E-state index in [4.69, 9.17) is 21.9 Å². The van der Waals surface area contributed by atoms with Crippen LogP contribution in [0.2, 0.25) is 5.02 Å². The number of para-hydroxylation sites is 1. The molecule has 0 bridgehead atoms. The van der Waals surface area contributed by atoms with Crippen molar-refractivity contribution in [1.29, 1.82) is 0 Å². The Hall–Kier alpha value is -2.40. The number of benzene rings is 1. The summed E-state index contributed by atoms with van der Waals surface area (Å²) in [4.78, 5) is 8.43. The van der Waals surface area contributed by atoms with Crippen molar-refractivity contribution in [1.82, 2.24) is 15.1 Å². The molecule has 0 radical (unpaired) electrons. The molecule has 0 aliphatic rings. The van der Waals surface area contributed by atoms with Gasteiger partial charge in [-0.25, -0.2) is 0 Å². The number of rotatable bonds is 2. The van der Waals surface area contributed by atoms with E-state index >= 15 is 0 Å². The van der Waals surface area contributed by atoms with Crippen LogP contribution >= 0.6 is 11.6 Å². The first-order valence-corrected chi connectivity index (χ1v) is 5.93. The quantitative estimate of drug-likeness (QED) is 0.726. The van der Waals surface area contributed by atoms with Gasteiger partial charge in [0.2, 0.25) is 5.82 Å². The summed E-state index contributed by atoms with van der Waals surface area (Å²) in [6.07, 6.45) is 1.67. The van der Waals surface area contributed by atoms with Crippen LogP contribution in [0.5, 0.6) is 0 Å². The molecule has 3 aromatic rings. The Morgan fingerprint density at radius 3 is 2.79 bits per heavy atom. The van der Waals surface area contributed by atoms with Gasteiger partial charge in [-0.3, -0.25) is 4.98 Å². The summed E-state index contributed by atoms with van der Waals surface area (Å²) in [5.41, 5.74) is 7.55. The molecule has 0 aliphatic heterocycles. The molecule has 5 nitrogen and oxygen atoms in total. The van der Waals surface area contributed by atoms with E-state index in [2.05, 4.69) is 15.1 Å². The predicted molar refractivity (Wildman–Crippen MR) is 72.4 cm³/mol. The van der Waals surface area contributed by atoms with E-state index in [0.29, 0.717) is 33.7 Å². The average Bonchev–Trinajstić information content (AvgIpc) is 2.92. The first-order chi connectivity index (χ1) is 9.25. The van der Waals surface area contributed by atoms with E-state index in [1.165, 1.54) is 0 Å². The molecule has 6 heteroatoms. The van der Waals surface area contributed by atoms with Gasteiger partial charge in [-0.05, 0) is 24.3 Å². The number of nitrogens with two attached hydrogens (primary N) is 1. The molecule has 0 spiro atoms. The van der Waals surface area contributed by atoms with Gasteiger partial charge in [-0.1, -0.05) is 28.9 Å². The summed E-state index contributed by atoms with van der Waals surface area (Å²) in [6, 6.07) is 10.7. The standard InChI is InChI=1S/C13H9ClN4O/c14-9-5-3-4-8(11(9)15)13-17-12(18-19-13)10-6-1-2-7-16-10/h1-7H,15H2. The van der Waals surface area contributed by atoms with Crippen LogP contribution < -0.4 is 5.73 Å². The van der Waals surface area contributed by atoms with Crippen LogP contribution in [-0.2, 0) is 0 Å². The third kappa shape index (κ3) is 2.15. The van der Waals surface area contributed by atoms with Gasteiger partial charge in [0, 0.05) is 6.20 Å². The minimum atomic E-state index is 0.320. The van der Waals surface area contributed by atoms with Gasteiger partial charge in [0.1, 0.15) is 5.69 Å². The van der Waals surface area contributed by atoms with E-state index in [-0.39, 0.29) is 0 Å². The van der Waals surface area contributed by atoms with Gasteiger partial charge in [0.05, 0.1) is 16.3 Å². The third-order valence-corrected chi connectivity index (χ3v) is 2.93.